The molecule has 1 aliphatic rings. The summed E-state index contributed by atoms with van der Waals surface area (Å²) in [6.07, 6.45) is -1.23. The van der Waals surface area contributed by atoms with E-state index in [-0.39, 0.29) is 16.5 Å². The van der Waals surface area contributed by atoms with Gasteiger partial charge in [0.25, 0.3) is 0 Å². The lowest BCUT2D eigenvalue weighted by Crippen LogP contribution is -2.55. The van der Waals surface area contributed by atoms with Crippen LogP contribution in [0, 0.1) is 10.1 Å². The predicted octanol–water partition coefficient (Wildman–Crippen LogP) is 1.79. The Morgan fingerprint density at radius 1 is 1.48 bits per heavy atom. The van der Waals surface area contributed by atoms with Crippen LogP contribution < -0.4 is 4.74 Å². The summed E-state index contributed by atoms with van der Waals surface area (Å²) in [7, 11) is 1.55. The molecule has 0 heterocycles. The summed E-state index contributed by atoms with van der Waals surface area (Å²) in [4.78, 5) is 10.4. The van der Waals surface area contributed by atoms with Crippen molar-refractivity contribution >= 4 is 17.3 Å². The number of nitro benzene ring substituents is 1. The number of rotatable bonds is 7. The standard InChI is InChI=1S/C13H16ClNO6/c1-19-4-5-20-13-10(16)7-12(13)21-11-3-2-8(14)6-9(11)15(17)18/h2-3,6,10,12-13,16H,4-5,7H2,1H3. The number of halogens is 1. The molecule has 1 fully saturated rings. The molecule has 1 aromatic rings. The van der Waals surface area contributed by atoms with Crippen LogP contribution >= 0.6 is 11.6 Å². The van der Waals surface area contributed by atoms with Gasteiger partial charge in [-0.05, 0) is 12.1 Å². The Hall–Kier alpha value is -1.41. The normalized spacial score (nSPS) is 24.4. The van der Waals surface area contributed by atoms with Gasteiger partial charge in [-0.2, -0.15) is 0 Å². The molecule has 0 aromatic heterocycles. The lowest BCUT2D eigenvalue weighted by atomic mass is 9.88. The lowest BCUT2D eigenvalue weighted by Gasteiger charge is -2.40. The maximum Gasteiger partial charge on any atom is 0.312 e. The number of hydrogen-bond donors (Lipinski definition) is 1. The molecule has 0 radical (unpaired) electrons. The van der Waals surface area contributed by atoms with Gasteiger partial charge in [-0.3, -0.25) is 10.1 Å². The van der Waals surface area contributed by atoms with Crippen molar-refractivity contribution in [2.75, 3.05) is 20.3 Å². The fourth-order valence-corrected chi connectivity index (χ4v) is 2.22. The van der Waals surface area contributed by atoms with Crippen LogP contribution in [0.15, 0.2) is 18.2 Å². The number of nitrogens with zero attached hydrogens (tertiary/aromatic N) is 1. The number of nitro groups is 1. The molecule has 116 valence electrons. The molecule has 2 rings (SSSR count). The molecule has 21 heavy (non-hydrogen) atoms. The van der Waals surface area contributed by atoms with Crippen molar-refractivity contribution in [1.82, 2.24) is 0 Å². The molecule has 7 nitrogen and oxygen atoms in total. The maximum atomic E-state index is 11.0. The van der Waals surface area contributed by atoms with Crippen molar-refractivity contribution in [3.63, 3.8) is 0 Å². The van der Waals surface area contributed by atoms with Crippen LogP contribution in [0.25, 0.3) is 0 Å². The van der Waals surface area contributed by atoms with Crippen molar-refractivity contribution in [3.05, 3.63) is 33.3 Å². The zero-order chi connectivity index (χ0) is 15.4. The molecule has 0 spiro atoms. The first kappa shape index (κ1) is 16.0. The van der Waals surface area contributed by atoms with Crippen molar-refractivity contribution in [1.29, 1.82) is 0 Å². The van der Waals surface area contributed by atoms with E-state index in [0.717, 1.165) is 0 Å². The Balaban J connectivity index is 2.03. The number of methoxy groups -OCH3 is 1. The smallest absolute Gasteiger partial charge is 0.312 e. The molecular weight excluding hydrogens is 302 g/mol. The highest BCUT2D eigenvalue weighted by molar-refractivity contribution is 6.30. The molecule has 1 N–H and O–H groups in total. The van der Waals surface area contributed by atoms with Crippen LogP contribution in [0.2, 0.25) is 5.02 Å². The summed E-state index contributed by atoms with van der Waals surface area (Å²) in [5.41, 5.74) is -0.209. The zero-order valence-electron chi connectivity index (χ0n) is 11.4. The van der Waals surface area contributed by atoms with Crippen molar-refractivity contribution < 1.29 is 24.2 Å². The van der Waals surface area contributed by atoms with Crippen LogP contribution in [0.1, 0.15) is 6.42 Å². The van der Waals surface area contributed by atoms with Crippen LogP contribution in [0.3, 0.4) is 0 Å². The number of aliphatic hydroxyl groups excluding tert-OH is 1. The molecule has 0 aliphatic heterocycles. The molecule has 3 unspecified atom stereocenters. The predicted molar refractivity (Wildman–Crippen MR) is 74.8 cm³/mol. The number of aliphatic hydroxyl groups is 1. The quantitative estimate of drug-likeness (QED) is 0.468. The highest BCUT2D eigenvalue weighted by atomic mass is 35.5. The zero-order valence-corrected chi connectivity index (χ0v) is 12.2. The van der Waals surface area contributed by atoms with Gasteiger partial charge in [0.1, 0.15) is 12.2 Å². The van der Waals surface area contributed by atoms with E-state index in [1.807, 2.05) is 0 Å². The van der Waals surface area contributed by atoms with Gasteiger partial charge in [0.15, 0.2) is 5.75 Å². The van der Waals surface area contributed by atoms with Crippen LogP contribution in [0.5, 0.6) is 5.75 Å². The van der Waals surface area contributed by atoms with Gasteiger partial charge in [-0.25, -0.2) is 0 Å². The summed E-state index contributed by atoms with van der Waals surface area (Å²) in [6, 6.07) is 4.18. The van der Waals surface area contributed by atoms with Gasteiger partial charge in [-0.15, -0.1) is 0 Å². The van der Waals surface area contributed by atoms with Crippen molar-refractivity contribution in [2.24, 2.45) is 0 Å². The minimum atomic E-state index is -0.641. The molecule has 8 heteroatoms. The minimum Gasteiger partial charge on any atom is -0.481 e. The van der Waals surface area contributed by atoms with Gasteiger partial charge in [0.2, 0.25) is 0 Å². The second-order valence-corrected chi connectivity index (χ2v) is 5.09. The van der Waals surface area contributed by atoms with Gasteiger partial charge in [0, 0.05) is 24.6 Å². The highest BCUT2D eigenvalue weighted by Gasteiger charge is 2.43. The first-order valence-electron chi connectivity index (χ1n) is 6.42. The van der Waals surface area contributed by atoms with Crippen LogP contribution in [-0.4, -0.2) is 48.7 Å². The summed E-state index contributed by atoms with van der Waals surface area (Å²) >= 11 is 5.74. The first-order valence-corrected chi connectivity index (χ1v) is 6.80. The maximum absolute atomic E-state index is 11.0. The fourth-order valence-electron chi connectivity index (χ4n) is 2.06. The van der Waals surface area contributed by atoms with Crippen LogP contribution in [-0.2, 0) is 9.47 Å². The van der Waals surface area contributed by atoms with E-state index in [2.05, 4.69) is 0 Å². The largest absolute Gasteiger partial charge is 0.481 e. The minimum absolute atomic E-state index is 0.113. The fraction of sp³-hybridized carbons (Fsp3) is 0.538. The molecule has 0 saturated heterocycles. The Kier molecular flexibility index (Phi) is 5.35. The summed E-state index contributed by atoms with van der Waals surface area (Å²) in [5.74, 6) is 0.113. The molecule has 3 atom stereocenters. The Morgan fingerprint density at radius 3 is 2.86 bits per heavy atom. The summed E-state index contributed by atoms with van der Waals surface area (Å²) < 4.78 is 15.9. The lowest BCUT2D eigenvalue weighted by molar-refractivity contribution is -0.386. The van der Waals surface area contributed by atoms with E-state index in [1.54, 1.807) is 7.11 Å². The molecule has 0 amide bonds. The van der Waals surface area contributed by atoms with E-state index < -0.39 is 23.2 Å². The topological polar surface area (TPSA) is 91.1 Å². The second-order valence-electron chi connectivity index (χ2n) is 4.66. The summed E-state index contributed by atoms with van der Waals surface area (Å²) in [5, 5.41) is 20.9. The Bertz CT molecular complexity index is 511. The Labute approximate surface area is 126 Å². The van der Waals surface area contributed by atoms with Gasteiger partial charge >= 0.3 is 5.69 Å². The van der Waals surface area contributed by atoms with Crippen molar-refractivity contribution in [3.8, 4) is 5.75 Å². The van der Waals surface area contributed by atoms with Crippen molar-refractivity contribution in [2.45, 2.75) is 24.7 Å². The third-order valence-corrected chi connectivity index (χ3v) is 3.45. The number of benzene rings is 1. The molecule has 0 bridgehead atoms. The molecule has 1 aromatic carbocycles. The van der Waals surface area contributed by atoms with Crippen LogP contribution in [0.4, 0.5) is 5.69 Å². The highest BCUT2D eigenvalue weighted by Crippen LogP contribution is 2.35. The third-order valence-electron chi connectivity index (χ3n) is 3.21. The van der Waals surface area contributed by atoms with Gasteiger partial charge in [-0.1, -0.05) is 11.6 Å². The Morgan fingerprint density at radius 2 is 2.24 bits per heavy atom. The second kappa shape index (κ2) is 7.04. The number of hydrogen-bond acceptors (Lipinski definition) is 6. The molecular formula is C13H16ClNO6. The first-order chi connectivity index (χ1) is 10.0. The molecule has 1 aliphatic carbocycles. The average molecular weight is 318 g/mol. The molecule has 1 saturated carbocycles. The van der Waals surface area contributed by atoms with E-state index >= 15 is 0 Å². The van der Waals surface area contributed by atoms with E-state index in [4.69, 9.17) is 25.8 Å². The monoisotopic (exact) mass is 317 g/mol. The van der Waals surface area contributed by atoms with E-state index in [9.17, 15) is 15.2 Å². The van der Waals surface area contributed by atoms with Gasteiger partial charge < -0.3 is 19.3 Å². The van der Waals surface area contributed by atoms with Gasteiger partial charge in [0.05, 0.1) is 24.2 Å². The van der Waals surface area contributed by atoms with E-state index in [1.165, 1.54) is 18.2 Å². The SMILES string of the molecule is COCCOC1C(O)CC1Oc1ccc(Cl)cc1[N+](=O)[O-]. The summed E-state index contributed by atoms with van der Waals surface area (Å²) in [6.45, 7) is 0.720. The third kappa shape index (κ3) is 3.82. The number of ether oxygens (including phenoxy) is 3. The average Bonchev–Trinajstić information content (AvgIpc) is 2.44. The van der Waals surface area contributed by atoms with E-state index in [0.29, 0.717) is 19.6 Å².